The third-order valence-electron chi connectivity index (χ3n) is 3.02. The Kier molecular flexibility index (Phi) is 5.08. The van der Waals surface area contributed by atoms with E-state index in [-0.39, 0.29) is 18.4 Å². The van der Waals surface area contributed by atoms with Crippen molar-refractivity contribution in [3.8, 4) is 5.75 Å². The highest BCUT2D eigenvalue weighted by Gasteiger charge is 2.23. The molecule has 0 spiro atoms. The molecular weight excluding hydrogens is 315 g/mol. The smallest absolute Gasteiger partial charge is 0.240 e. The van der Waals surface area contributed by atoms with Gasteiger partial charge in [0.15, 0.2) is 5.75 Å². The molecule has 1 aliphatic heterocycles. The molecule has 21 heavy (non-hydrogen) atoms. The monoisotopic (exact) mass is 330 g/mol. The van der Waals surface area contributed by atoms with Crippen molar-refractivity contribution >= 4 is 34.8 Å². The zero-order valence-electron chi connectivity index (χ0n) is 11.7. The molecule has 1 aromatic carbocycles. The summed E-state index contributed by atoms with van der Waals surface area (Å²) >= 11 is 12.4. The van der Waals surface area contributed by atoms with Crippen molar-refractivity contribution in [1.29, 1.82) is 0 Å². The third-order valence-corrected chi connectivity index (χ3v) is 3.58. The summed E-state index contributed by atoms with van der Waals surface area (Å²) in [7, 11) is 0. The van der Waals surface area contributed by atoms with Crippen molar-refractivity contribution in [2.45, 2.75) is 26.4 Å². The third kappa shape index (κ3) is 3.87. The average molecular weight is 331 g/mol. The summed E-state index contributed by atoms with van der Waals surface area (Å²) in [6.07, 6.45) is -0.247. The average Bonchev–Trinajstić information content (AvgIpc) is 2.37. The number of nitrogens with zero attached hydrogens (tertiary/aromatic N) is 1. The topological polar surface area (TPSA) is 70.9 Å². The van der Waals surface area contributed by atoms with Gasteiger partial charge < -0.3 is 9.84 Å². The van der Waals surface area contributed by atoms with E-state index in [9.17, 15) is 9.90 Å². The van der Waals surface area contributed by atoms with Crippen LogP contribution in [0.5, 0.6) is 5.75 Å². The number of hydrogen-bond donors (Lipinski definition) is 2. The summed E-state index contributed by atoms with van der Waals surface area (Å²) < 4.78 is 5.39. The first-order valence-electron chi connectivity index (χ1n) is 6.55. The second-order valence-electron chi connectivity index (χ2n) is 5.07. The summed E-state index contributed by atoms with van der Waals surface area (Å²) in [6.45, 7) is 3.63. The molecule has 2 rings (SSSR count). The SMILES string of the molecule is CC(O)COc1c(Cl)cc(C2=NNC(=O)CC2C)cc1Cl. The number of halogens is 2. The molecule has 0 radical (unpaired) electrons. The van der Waals surface area contributed by atoms with Gasteiger partial charge in [0.1, 0.15) is 6.61 Å². The second kappa shape index (κ2) is 6.64. The number of rotatable bonds is 4. The van der Waals surface area contributed by atoms with Gasteiger partial charge in [-0.15, -0.1) is 0 Å². The molecule has 2 atom stereocenters. The number of hydrogen-bond acceptors (Lipinski definition) is 4. The molecular formula is C14H16Cl2N2O3. The lowest BCUT2D eigenvalue weighted by molar-refractivity contribution is -0.121. The fourth-order valence-corrected chi connectivity index (χ4v) is 2.65. The van der Waals surface area contributed by atoms with Crippen LogP contribution in [0, 0.1) is 5.92 Å². The first kappa shape index (κ1) is 16.1. The second-order valence-corrected chi connectivity index (χ2v) is 5.88. The predicted octanol–water partition coefficient (Wildman–Crippen LogP) is 2.61. The Morgan fingerprint density at radius 1 is 1.48 bits per heavy atom. The molecule has 1 amide bonds. The molecule has 2 N–H and O–H groups in total. The number of amides is 1. The summed E-state index contributed by atoms with van der Waals surface area (Å²) in [6, 6.07) is 3.38. The molecule has 1 aliphatic rings. The van der Waals surface area contributed by atoms with Gasteiger partial charge in [0.25, 0.3) is 0 Å². The van der Waals surface area contributed by atoms with Crippen LogP contribution in [0.1, 0.15) is 25.8 Å². The van der Waals surface area contributed by atoms with Gasteiger partial charge in [0.2, 0.25) is 5.91 Å². The van der Waals surface area contributed by atoms with Gasteiger partial charge in [-0.3, -0.25) is 4.79 Å². The molecule has 1 aromatic rings. The van der Waals surface area contributed by atoms with E-state index in [1.807, 2.05) is 6.92 Å². The number of aliphatic hydroxyl groups is 1. The molecule has 0 fully saturated rings. The van der Waals surface area contributed by atoms with E-state index in [0.717, 1.165) is 11.3 Å². The van der Waals surface area contributed by atoms with Gasteiger partial charge in [-0.25, -0.2) is 5.43 Å². The zero-order chi connectivity index (χ0) is 15.6. The Morgan fingerprint density at radius 2 is 2.10 bits per heavy atom. The van der Waals surface area contributed by atoms with Crippen LogP contribution in [-0.2, 0) is 4.79 Å². The maximum Gasteiger partial charge on any atom is 0.240 e. The molecule has 7 heteroatoms. The van der Waals surface area contributed by atoms with Crippen molar-refractivity contribution in [2.24, 2.45) is 11.0 Å². The normalized spacial score (nSPS) is 19.8. The van der Waals surface area contributed by atoms with E-state index in [4.69, 9.17) is 27.9 Å². The lowest BCUT2D eigenvalue weighted by Gasteiger charge is -2.20. The predicted molar refractivity (Wildman–Crippen MR) is 82.1 cm³/mol. The minimum atomic E-state index is -0.616. The highest BCUT2D eigenvalue weighted by atomic mass is 35.5. The first-order chi connectivity index (χ1) is 9.88. The Hall–Kier alpha value is -1.30. The molecule has 0 saturated carbocycles. The van der Waals surface area contributed by atoms with Crippen LogP contribution < -0.4 is 10.2 Å². The van der Waals surface area contributed by atoms with E-state index in [0.29, 0.717) is 22.2 Å². The minimum absolute atomic E-state index is 0.0184. The van der Waals surface area contributed by atoms with Crippen LogP contribution in [0.4, 0.5) is 0 Å². The Bertz CT molecular complexity index is 565. The van der Waals surface area contributed by atoms with Gasteiger partial charge in [0.05, 0.1) is 21.9 Å². The fraction of sp³-hybridized carbons (Fsp3) is 0.429. The van der Waals surface area contributed by atoms with Gasteiger partial charge in [-0.05, 0) is 19.1 Å². The van der Waals surface area contributed by atoms with Crippen molar-refractivity contribution in [3.63, 3.8) is 0 Å². The molecule has 5 nitrogen and oxygen atoms in total. The van der Waals surface area contributed by atoms with Crippen molar-refractivity contribution in [3.05, 3.63) is 27.7 Å². The van der Waals surface area contributed by atoms with E-state index in [2.05, 4.69) is 10.5 Å². The maximum atomic E-state index is 11.3. The van der Waals surface area contributed by atoms with Gasteiger partial charge in [-0.2, -0.15) is 5.10 Å². The molecule has 0 saturated heterocycles. The summed E-state index contributed by atoms with van der Waals surface area (Å²) in [5.41, 5.74) is 3.91. The Balaban J connectivity index is 2.29. The quantitative estimate of drug-likeness (QED) is 0.891. The summed E-state index contributed by atoms with van der Waals surface area (Å²) in [5.74, 6) is 0.200. The number of carbonyl (C=O) groups excluding carboxylic acids is 1. The molecule has 0 bridgehead atoms. The fourth-order valence-electron chi connectivity index (χ4n) is 2.05. The maximum absolute atomic E-state index is 11.3. The van der Waals surface area contributed by atoms with E-state index >= 15 is 0 Å². The number of ether oxygens (including phenoxy) is 1. The first-order valence-corrected chi connectivity index (χ1v) is 7.30. The van der Waals surface area contributed by atoms with Crippen LogP contribution >= 0.6 is 23.2 Å². The van der Waals surface area contributed by atoms with Crippen molar-refractivity contribution in [2.75, 3.05) is 6.61 Å². The molecule has 2 unspecified atom stereocenters. The zero-order valence-corrected chi connectivity index (χ0v) is 13.2. The molecule has 0 aromatic heterocycles. The number of aliphatic hydroxyl groups excluding tert-OH is 1. The van der Waals surface area contributed by atoms with Crippen LogP contribution in [0.15, 0.2) is 17.2 Å². The minimum Gasteiger partial charge on any atom is -0.488 e. The van der Waals surface area contributed by atoms with Crippen LogP contribution in [-0.4, -0.2) is 29.4 Å². The molecule has 1 heterocycles. The van der Waals surface area contributed by atoms with Crippen molar-refractivity contribution in [1.82, 2.24) is 5.43 Å². The standard InChI is InChI=1S/C14H16Cl2N2O3/c1-7-3-12(20)17-18-13(7)9-4-10(15)14(11(16)5-9)21-6-8(2)19/h4-5,7-8,19H,3,6H2,1-2H3,(H,17,20). The molecule has 0 aliphatic carbocycles. The Labute approximate surface area is 132 Å². The van der Waals surface area contributed by atoms with Crippen LogP contribution in [0.25, 0.3) is 0 Å². The van der Waals surface area contributed by atoms with Crippen LogP contribution in [0.3, 0.4) is 0 Å². The van der Waals surface area contributed by atoms with E-state index in [1.165, 1.54) is 0 Å². The highest BCUT2D eigenvalue weighted by molar-refractivity contribution is 6.37. The van der Waals surface area contributed by atoms with Gasteiger partial charge >= 0.3 is 0 Å². The van der Waals surface area contributed by atoms with E-state index in [1.54, 1.807) is 19.1 Å². The summed E-state index contributed by atoms with van der Waals surface area (Å²) in [4.78, 5) is 11.3. The highest BCUT2D eigenvalue weighted by Crippen LogP contribution is 2.35. The number of nitrogens with one attached hydrogen (secondary N) is 1. The van der Waals surface area contributed by atoms with Crippen molar-refractivity contribution < 1.29 is 14.6 Å². The number of hydrazone groups is 1. The lowest BCUT2D eigenvalue weighted by atomic mass is 9.94. The summed E-state index contributed by atoms with van der Waals surface area (Å²) in [5, 5.41) is 14.0. The Morgan fingerprint density at radius 3 is 2.62 bits per heavy atom. The number of carbonyl (C=O) groups is 1. The molecule has 114 valence electrons. The number of benzene rings is 1. The van der Waals surface area contributed by atoms with E-state index < -0.39 is 6.10 Å². The van der Waals surface area contributed by atoms with Crippen LogP contribution in [0.2, 0.25) is 10.0 Å². The largest absolute Gasteiger partial charge is 0.488 e. The lowest BCUT2D eigenvalue weighted by Crippen LogP contribution is -2.32. The van der Waals surface area contributed by atoms with Gasteiger partial charge in [0, 0.05) is 17.9 Å². The van der Waals surface area contributed by atoms with Gasteiger partial charge in [-0.1, -0.05) is 30.1 Å².